The summed E-state index contributed by atoms with van der Waals surface area (Å²) in [6.45, 7) is 7.49. The van der Waals surface area contributed by atoms with Crippen LogP contribution in [0.25, 0.3) is 0 Å². The van der Waals surface area contributed by atoms with E-state index in [9.17, 15) is 0 Å². The Morgan fingerprint density at radius 1 is 1.44 bits per heavy atom. The van der Waals surface area contributed by atoms with Crippen LogP contribution < -0.4 is 5.32 Å². The zero-order valence-corrected chi connectivity index (χ0v) is 11.0. The molecule has 1 heterocycles. The van der Waals surface area contributed by atoms with Crippen LogP contribution in [-0.4, -0.2) is 16.3 Å². The second-order valence-corrected chi connectivity index (χ2v) is 4.66. The molecule has 1 aliphatic carbocycles. The van der Waals surface area contributed by atoms with Crippen LogP contribution in [0.1, 0.15) is 38.7 Å². The van der Waals surface area contributed by atoms with Gasteiger partial charge in [0, 0.05) is 31.4 Å². The maximum atomic E-state index is 4.26. The van der Waals surface area contributed by atoms with Crippen LogP contribution in [-0.2, 0) is 13.1 Å². The molecule has 0 radical (unpaired) electrons. The van der Waals surface area contributed by atoms with Gasteiger partial charge in [-0.15, -0.1) is 12.4 Å². The maximum absolute atomic E-state index is 4.26. The standard InChI is InChI=1S/C12H21N3.ClH/c1-3-12(5-6-12)10-13-7-11-8-14-15(4-2)9-11;/h8-9,13H,3-7,10H2,1-2H3;1H. The van der Waals surface area contributed by atoms with Gasteiger partial charge in [-0.3, -0.25) is 4.68 Å². The monoisotopic (exact) mass is 243 g/mol. The van der Waals surface area contributed by atoms with E-state index < -0.39 is 0 Å². The fourth-order valence-electron chi connectivity index (χ4n) is 1.97. The van der Waals surface area contributed by atoms with Gasteiger partial charge in [0.1, 0.15) is 0 Å². The zero-order valence-electron chi connectivity index (χ0n) is 10.2. The largest absolute Gasteiger partial charge is 0.312 e. The van der Waals surface area contributed by atoms with Gasteiger partial charge in [-0.05, 0) is 31.6 Å². The first-order chi connectivity index (χ1) is 7.28. The Kier molecular flexibility index (Phi) is 4.81. The minimum atomic E-state index is 0. The van der Waals surface area contributed by atoms with E-state index in [1.54, 1.807) is 0 Å². The first-order valence-electron chi connectivity index (χ1n) is 6.00. The lowest BCUT2D eigenvalue weighted by Crippen LogP contribution is -2.22. The van der Waals surface area contributed by atoms with Gasteiger partial charge in [0.25, 0.3) is 0 Å². The second-order valence-electron chi connectivity index (χ2n) is 4.66. The van der Waals surface area contributed by atoms with Crippen LogP contribution in [0.2, 0.25) is 0 Å². The minimum Gasteiger partial charge on any atom is -0.312 e. The molecular formula is C12H22ClN3. The van der Waals surface area contributed by atoms with Crippen LogP contribution in [0.5, 0.6) is 0 Å². The van der Waals surface area contributed by atoms with Gasteiger partial charge in [0.2, 0.25) is 0 Å². The number of aromatic nitrogens is 2. The molecule has 0 amide bonds. The van der Waals surface area contributed by atoms with Crippen molar-refractivity contribution in [2.45, 2.75) is 46.2 Å². The summed E-state index contributed by atoms with van der Waals surface area (Å²) in [5.41, 5.74) is 1.93. The third-order valence-electron chi connectivity index (χ3n) is 3.55. The van der Waals surface area contributed by atoms with E-state index in [-0.39, 0.29) is 12.4 Å². The topological polar surface area (TPSA) is 29.9 Å². The molecule has 0 aromatic carbocycles. The fourth-order valence-corrected chi connectivity index (χ4v) is 1.97. The van der Waals surface area contributed by atoms with Crippen LogP contribution in [0.4, 0.5) is 0 Å². The van der Waals surface area contributed by atoms with Crippen molar-refractivity contribution in [2.24, 2.45) is 5.41 Å². The summed E-state index contributed by atoms with van der Waals surface area (Å²) in [5.74, 6) is 0. The summed E-state index contributed by atoms with van der Waals surface area (Å²) >= 11 is 0. The lowest BCUT2D eigenvalue weighted by atomic mass is 10.0. The van der Waals surface area contributed by atoms with Crippen molar-refractivity contribution in [3.05, 3.63) is 18.0 Å². The van der Waals surface area contributed by atoms with E-state index in [0.29, 0.717) is 5.41 Å². The highest BCUT2D eigenvalue weighted by Crippen LogP contribution is 2.47. The Balaban J connectivity index is 0.00000128. The van der Waals surface area contributed by atoms with Crippen molar-refractivity contribution in [1.82, 2.24) is 15.1 Å². The molecule has 2 rings (SSSR count). The summed E-state index contributed by atoms with van der Waals surface area (Å²) in [6.07, 6.45) is 8.21. The molecule has 1 N–H and O–H groups in total. The van der Waals surface area contributed by atoms with Gasteiger partial charge >= 0.3 is 0 Å². The molecule has 0 unspecified atom stereocenters. The number of nitrogens with one attached hydrogen (secondary N) is 1. The average Bonchev–Trinajstić information content (AvgIpc) is 2.89. The van der Waals surface area contributed by atoms with Crippen molar-refractivity contribution in [2.75, 3.05) is 6.54 Å². The quantitative estimate of drug-likeness (QED) is 0.833. The molecule has 1 aromatic heterocycles. The molecule has 16 heavy (non-hydrogen) atoms. The van der Waals surface area contributed by atoms with Gasteiger partial charge in [0.05, 0.1) is 6.20 Å². The Hall–Kier alpha value is -0.540. The van der Waals surface area contributed by atoms with Crippen molar-refractivity contribution in [3.63, 3.8) is 0 Å². The minimum absolute atomic E-state index is 0. The van der Waals surface area contributed by atoms with Crippen molar-refractivity contribution in [3.8, 4) is 0 Å². The van der Waals surface area contributed by atoms with E-state index in [1.165, 1.54) is 31.4 Å². The Morgan fingerprint density at radius 3 is 2.69 bits per heavy atom. The fraction of sp³-hybridized carbons (Fsp3) is 0.750. The first kappa shape index (κ1) is 13.5. The number of rotatable bonds is 6. The van der Waals surface area contributed by atoms with E-state index in [4.69, 9.17) is 0 Å². The summed E-state index contributed by atoms with van der Waals surface area (Å²) in [7, 11) is 0. The Labute approximate surface area is 104 Å². The molecule has 1 saturated carbocycles. The number of hydrogen-bond acceptors (Lipinski definition) is 2. The van der Waals surface area contributed by atoms with E-state index >= 15 is 0 Å². The molecule has 3 nitrogen and oxygen atoms in total. The molecule has 0 spiro atoms. The van der Waals surface area contributed by atoms with Gasteiger partial charge in [-0.1, -0.05) is 6.92 Å². The smallest absolute Gasteiger partial charge is 0.0534 e. The van der Waals surface area contributed by atoms with Crippen LogP contribution in [0, 0.1) is 5.41 Å². The molecule has 0 saturated heterocycles. The second kappa shape index (κ2) is 5.69. The molecular weight excluding hydrogens is 222 g/mol. The maximum Gasteiger partial charge on any atom is 0.0534 e. The van der Waals surface area contributed by atoms with Crippen molar-refractivity contribution < 1.29 is 0 Å². The molecule has 1 fully saturated rings. The molecule has 0 aliphatic heterocycles. The zero-order chi connectivity index (χ0) is 10.7. The molecule has 1 aliphatic rings. The number of aryl methyl sites for hydroxylation is 1. The van der Waals surface area contributed by atoms with Crippen LogP contribution >= 0.6 is 12.4 Å². The highest BCUT2D eigenvalue weighted by molar-refractivity contribution is 5.85. The van der Waals surface area contributed by atoms with Gasteiger partial charge < -0.3 is 5.32 Å². The number of hydrogen-bond donors (Lipinski definition) is 1. The highest BCUT2D eigenvalue weighted by Gasteiger charge is 2.39. The third kappa shape index (κ3) is 3.22. The molecule has 4 heteroatoms. The van der Waals surface area contributed by atoms with Crippen molar-refractivity contribution in [1.29, 1.82) is 0 Å². The van der Waals surface area contributed by atoms with Crippen molar-refractivity contribution >= 4 is 12.4 Å². The summed E-state index contributed by atoms with van der Waals surface area (Å²) < 4.78 is 1.98. The summed E-state index contributed by atoms with van der Waals surface area (Å²) in [4.78, 5) is 0. The molecule has 1 aromatic rings. The predicted octanol–water partition coefficient (Wildman–Crippen LogP) is 2.60. The van der Waals surface area contributed by atoms with Gasteiger partial charge in [0.15, 0.2) is 0 Å². The normalized spacial score (nSPS) is 16.9. The summed E-state index contributed by atoms with van der Waals surface area (Å²) in [5, 5.41) is 7.80. The molecule has 0 atom stereocenters. The summed E-state index contributed by atoms with van der Waals surface area (Å²) in [6, 6.07) is 0. The molecule has 0 bridgehead atoms. The van der Waals surface area contributed by atoms with Crippen LogP contribution in [0.15, 0.2) is 12.4 Å². The Bertz CT molecular complexity index is 318. The van der Waals surface area contributed by atoms with Crippen LogP contribution in [0.3, 0.4) is 0 Å². The third-order valence-corrected chi connectivity index (χ3v) is 3.55. The SMILES string of the molecule is CCn1cc(CNCC2(CC)CC2)cn1.Cl. The lowest BCUT2D eigenvalue weighted by Gasteiger charge is -2.12. The average molecular weight is 244 g/mol. The first-order valence-corrected chi connectivity index (χ1v) is 6.00. The van der Waals surface area contributed by atoms with E-state index in [0.717, 1.165) is 13.1 Å². The Morgan fingerprint density at radius 2 is 2.19 bits per heavy atom. The van der Waals surface area contributed by atoms with Gasteiger partial charge in [-0.2, -0.15) is 5.10 Å². The lowest BCUT2D eigenvalue weighted by molar-refractivity contribution is 0.443. The van der Waals surface area contributed by atoms with Gasteiger partial charge in [-0.25, -0.2) is 0 Å². The number of nitrogens with zero attached hydrogens (tertiary/aromatic N) is 2. The van der Waals surface area contributed by atoms with E-state index in [2.05, 4.69) is 30.5 Å². The number of halogens is 1. The predicted molar refractivity (Wildman–Crippen MR) is 68.8 cm³/mol. The highest BCUT2D eigenvalue weighted by atomic mass is 35.5. The van der Waals surface area contributed by atoms with E-state index in [1.807, 2.05) is 10.9 Å². The molecule has 92 valence electrons.